The van der Waals surface area contributed by atoms with Crippen LogP contribution in [0.25, 0.3) is 11.3 Å². The van der Waals surface area contributed by atoms with E-state index in [0.717, 1.165) is 0 Å². The van der Waals surface area contributed by atoms with Gasteiger partial charge in [-0.15, -0.1) is 0 Å². The molecule has 0 aliphatic carbocycles. The zero-order valence-corrected chi connectivity index (χ0v) is 8.95. The SMILES string of the molecule is COc1c(-c2cc(N)on2)ccc(C)c1F. The molecule has 2 aromatic rings. The van der Waals surface area contributed by atoms with Gasteiger partial charge in [0, 0.05) is 11.6 Å². The van der Waals surface area contributed by atoms with Crippen LogP contribution >= 0.6 is 0 Å². The molecule has 1 aromatic carbocycles. The van der Waals surface area contributed by atoms with Crippen molar-refractivity contribution >= 4 is 5.88 Å². The first kappa shape index (κ1) is 10.5. The van der Waals surface area contributed by atoms with Gasteiger partial charge >= 0.3 is 0 Å². The van der Waals surface area contributed by atoms with Gasteiger partial charge in [-0.1, -0.05) is 11.2 Å². The first-order valence-corrected chi connectivity index (χ1v) is 4.69. The van der Waals surface area contributed by atoms with E-state index in [1.165, 1.54) is 13.2 Å². The van der Waals surface area contributed by atoms with Gasteiger partial charge in [-0.05, 0) is 18.6 Å². The number of halogens is 1. The van der Waals surface area contributed by atoms with Crippen LogP contribution in [0.1, 0.15) is 5.56 Å². The quantitative estimate of drug-likeness (QED) is 0.847. The molecule has 2 rings (SSSR count). The minimum atomic E-state index is -0.401. The smallest absolute Gasteiger partial charge is 0.222 e. The highest BCUT2D eigenvalue weighted by atomic mass is 19.1. The molecular weight excluding hydrogens is 211 g/mol. The third-order valence-corrected chi connectivity index (χ3v) is 2.30. The molecule has 5 heteroatoms. The lowest BCUT2D eigenvalue weighted by atomic mass is 10.1. The third kappa shape index (κ3) is 1.60. The molecule has 0 atom stereocenters. The van der Waals surface area contributed by atoms with E-state index in [2.05, 4.69) is 5.16 Å². The van der Waals surface area contributed by atoms with E-state index in [0.29, 0.717) is 16.8 Å². The summed E-state index contributed by atoms with van der Waals surface area (Å²) in [7, 11) is 1.41. The second-order valence-corrected chi connectivity index (χ2v) is 3.39. The van der Waals surface area contributed by atoms with Crippen LogP contribution in [0.4, 0.5) is 10.3 Å². The van der Waals surface area contributed by atoms with E-state index >= 15 is 0 Å². The standard InChI is InChI=1S/C11H11FN2O2/c1-6-3-4-7(11(15-2)10(6)12)8-5-9(13)16-14-8/h3-5H,13H2,1-2H3. The lowest BCUT2D eigenvalue weighted by Crippen LogP contribution is -1.94. The van der Waals surface area contributed by atoms with E-state index in [9.17, 15) is 4.39 Å². The maximum Gasteiger partial charge on any atom is 0.222 e. The summed E-state index contributed by atoms with van der Waals surface area (Å²) >= 11 is 0. The fourth-order valence-electron chi connectivity index (χ4n) is 1.47. The summed E-state index contributed by atoms with van der Waals surface area (Å²) in [4.78, 5) is 0. The molecule has 0 fully saturated rings. The Bertz CT molecular complexity index is 523. The Morgan fingerprint density at radius 3 is 2.75 bits per heavy atom. The molecule has 1 heterocycles. The fourth-order valence-corrected chi connectivity index (χ4v) is 1.47. The van der Waals surface area contributed by atoms with Crippen LogP contribution in [-0.2, 0) is 0 Å². The van der Waals surface area contributed by atoms with Crippen molar-refractivity contribution in [1.29, 1.82) is 0 Å². The number of ether oxygens (including phenoxy) is 1. The maximum atomic E-state index is 13.7. The summed E-state index contributed by atoms with van der Waals surface area (Å²) in [5, 5.41) is 3.72. The van der Waals surface area contributed by atoms with Crippen molar-refractivity contribution in [2.24, 2.45) is 0 Å². The molecule has 0 aliphatic rings. The van der Waals surface area contributed by atoms with Crippen LogP contribution in [-0.4, -0.2) is 12.3 Å². The molecule has 0 spiro atoms. The van der Waals surface area contributed by atoms with Gasteiger partial charge in [-0.2, -0.15) is 0 Å². The molecule has 0 unspecified atom stereocenters. The van der Waals surface area contributed by atoms with Gasteiger partial charge in [0.25, 0.3) is 0 Å². The molecule has 0 saturated carbocycles. The number of hydrogen-bond donors (Lipinski definition) is 1. The maximum absolute atomic E-state index is 13.7. The Hall–Kier alpha value is -2.04. The van der Waals surface area contributed by atoms with Gasteiger partial charge in [0.05, 0.1) is 7.11 Å². The highest BCUT2D eigenvalue weighted by molar-refractivity contribution is 5.69. The molecule has 84 valence electrons. The molecule has 1 aromatic heterocycles. The summed E-state index contributed by atoms with van der Waals surface area (Å²) in [6.45, 7) is 1.67. The predicted molar refractivity (Wildman–Crippen MR) is 57.6 cm³/mol. The number of aromatic nitrogens is 1. The van der Waals surface area contributed by atoms with Gasteiger partial charge < -0.3 is 15.0 Å². The average Bonchev–Trinajstić information content (AvgIpc) is 2.68. The van der Waals surface area contributed by atoms with E-state index in [4.69, 9.17) is 15.0 Å². The number of nitrogen functional groups attached to an aromatic ring is 1. The van der Waals surface area contributed by atoms with Crippen LogP contribution in [0.5, 0.6) is 5.75 Å². The third-order valence-electron chi connectivity index (χ3n) is 2.30. The van der Waals surface area contributed by atoms with Gasteiger partial charge in [0.15, 0.2) is 11.6 Å². The molecule has 0 amide bonds. The Labute approximate surface area is 91.8 Å². The van der Waals surface area contributed by atoms with Crippen molar-refractivity contribution in [2.75, 3.05) is 12.8 Å². The van der Waals surface area contributed by atoms with Gasteiger partial charge in [0.1, 0.15) is 5.69 Å². The Balaban J connectivity index is 2.61. The van der Waals surface area contributed by atoms with Crippen LogP contribution in [0, 0.1) is 12.7 Å². The van der Waals surface area contributed by atoms with Crippen molar-refractivity contribution in [3.63, 3.8) is 0 Å². The number of rotatable bonds is 2. The lowest BCUT2D eigenvalue weighted by molar-refractivity contribution is 0.385. The second kappa shape index (κ2) is 3.84. The molecular formula is C11H11FN2O2. The lowest BCUT2D eigenvalue weighted by Gasteiger charge is -2.08. The highest BCUT2D eigenvalue weighted by Crippen LogP contribution is 2.33. The summed E-state index contributed by atoms with van der Waals surface area (Å²) in [5.74, 6) is -0.0760. The molecule has 0 aliphatic heterocycles. The van der Waals surface area contributed by atoms with Crippen LogP contribution in [0.3, 0.4) is 0 Å². The van der Waals surface area contributed by atoms with Gasteiger partial charge in [-0.25, -0.2) is 4.39 Å². The monoisotopic (exact) mass is 222 g/mol. The van der Waals surface area contributed by atoms with Crippen LogP contribution < -0.4 is 10.5 Å². The van der Waals surface area contributed by atoms with Crippen molar-refractivity contribution < 1.29 is 13.7 Å². The van der Waals surface area contributed by atoms with Crippen molar-refractivity contribution in [1.82, 2.24) is 5.16 Å². The molecule has 2 N–H and O–H groups in total. The van der Waals surface area contributed by atoms with E-state index in [1.807, 2.05) is 0 Å². The zero-order valence-electron chi connectivity index (χ0n) is 8.95. The Kier molecular flexibility index (Phi) is 2.52. The summed E-state index contributed by atoms with van der Waals surface area (Å²) in [5.41, 5.74) is 6.89. The zero-order chi connectivity index (χ0) is 11.7. The first-order valence-electron chi connectivity index (χ1n) is 4.69. The Morgan fingerprint density at radius 2 is 2.19 bits per heavy atom. The van der Waals surface area contributed by atoms with Crippen molar-refractivity contribution in [3.05, 3.63) is 29.6 Å². The molecule has 0 bridgehead atoms. The average molecular weight is 222 g/mol. The molecule has 0 saturated heterocycles. The Morgan fingerprint density at radius 1 is 1.44 bits per heavy atom. The number of methoxy groups -OCH3 is 1. The number of nitrogens with zero attached hydrogens (tertiary/aromatic N) is 1. The summed E-state index contributed by atoms with van der Waals surface area (Å²) < 4.78 is 23.5. The predicted octanol–water partition coefficient (Wildman–Crippen LogP) is 2.38. The topological polar surface area (TPSA) is 61.3 Å². The normalized spacial score (nSPS) is 10.4. The van der Waals surface area contributed by atoms with E-state index in [-0.39, 0.29) is 11.6 Å². The van der Waals surface area contributed by atoms with Gasteiger partial charge in [0.2, 0.25) is 5.88 Å². The fraction of sp³-hybridized carbons (Fsp3) is 0.182. The molecule has 4 nitrogen and oxygen atoms in total. The van der Waals surface area contributed by atoms with Crippen LogP contribution in [0.15, 0.2) is 22.7 Å². The van der Waals surface area contributed by atoms with Crippen LogP contribution in [0.2, 0.25) is 0 Å². The molecule has 16 heavy (non-hydrogen) atoms. The van der Waals surface area contributed by atoms with Gasteiger partial charge in [-0.3, -0.25) is 0 Å². The van der Waals surface area contributed by atoms with Crippen molar-refractivity contribution in [3.8, 4) is 17.0 Å². The number of aryl methyl sites for hydroxylation is 1. The number of nitrogens with two attached hydrogens (primary N) is 1. The number of hydrogen-bond acceptors (Lipinski definition) is 4. The van der Waals surface area contributed by atoms with E-state index < -0.39 is 5.82 Å². The minimum Gasteiger partial charge on any atom is -0.493 e. The highest BCUT2D eigenvalue weighted by Gasteiger charge is 2.15. The van der Waals surface area contributed by atoms with E-state index in [1.54, 1.807) is 19.1 Å². The molecule has 0 radical (unpaired) electrons. The number of benzene rings is 1. The summed E-state index contributed by atoms with van der Waals surface area (Å²) in [6.07, 6.45) is 0. The first-order chi connectivity index (χ1) is 7.63. The van der Waals surface area contributed by atoms with Crippen molar-refractivity contribution in [2.45, 2.75) is 6.92 Å². The summed E-state index contributed by atoms with van der Waals surface area (Å²) in [6, 6.07) is 4.89. The minimum absolute atomic E-state index is 0.147. The largest absolute Gasteiger partial charge is 0.493 e. The number of anilines is 1. The second-order valence-electron chi connectivity index (χ2n) is 3.39.